The van der Waals surface area contributed by atoms with Gasteiger partial charge in [0.2, 0.25) is 0 Å². The van der Waals surface area contributed by atoms with Crippen molar-refractivity contribution in [3.8, 4) is 17.6 Å². The number of hydrogen-bond donors (Lipinski definition) is 1. The average Bonchev–Trinajstić information content (AvgIpc) is 2.36. The van der Waals surface area contributed by atoms with E-state index in [9.17, 15) is 9.18 Å². The minimum Gasteiger partial charge on any atom is -0.495 e. The number of nitrogens with one attached hydrogen (secondary N) is 1. The van der Waals surface area contributed by atoms with Gasteiger partial charge < -0.3 is 14.8 Å². The molecule has 0 heterocycles. The van der Waals surface area contributed by atoms with Crippen LogP contribution in [0.3, 0.4) is 0 Å². The van der Waals surface area contributed by atoms with E-state index in [1.165, 1.54) is 25.3 Å². The topological polar surface area (TPSA) is 47.6 Å². The van der Waals surface area contributed by atoms with Crippen LogP contribution in [0.25, 0.3) is 0 Å². The molecular weight excluding hydrogens is 273 g/mol. The predicted octanol–water partition coefficient (Wildman–Crippen LogP) is 3.10. The summed E-state index contributed by atoms with van der Waals surface area (Å²) < 4.78 is 23.3. The van der Waals surface area contributed by atoms with Gasteiger partial charge in [0.1, 0.15) is 17.2 Å². The molecule has 4 nitrogen and oxygen atoms in total. The molecule has 0 aliphatic carbocycles. The van der Waals surface area contributed by atoms with Gasteiger partial charge >= 0.3 is 6.09 Å². The molecule has 1 amide bonds. The van der Waals surface area contributed by atoms with E-state index in [4.69, 9.17) is 9.47 Å². The van der Waals surface area contributed by atoms with E-state index in [1.54, 1.807) is 20.8 Å². The second-order valence-corrected chi connectivity index (χ2v) is 5.33. The van der Waals surface area contributed by atoms with Crippen LogP contribution in [0.15, 0.2) is 18.2 Å². The maximum Gasteiger partial charge on any atom is 0.407 e. The van der Waals surface area contributed by atoms with Gasteiger partial charge in [-0.3, -0.25) is 0 Å². The number of carbonyl (C=O) groups is 1. The summed E-state index contributed by atoms with van der Waals surface area (Å²) in [5, 5.41) is 2.60. The molecule has 0 bridgehead atoms. The summed E-state index contributed by atoms with van der Waals surface area (Å²) in [7, 11) is 1.50. The van der Waals surface area contributed by atoms with Gasteiger partial charge in [-0.15, -0.1) is 0 Å². The molecule has 21 heavy (non-hydrogen) atoms. The fourth-order valence-electron chi connectivity index (χ4n) is 1.48. The number of methoxy groups -OCH3 is 1. The van der Waals surface area contributed by atoms with E-state index in [0.29, 0.717) is 24.3 Å². The first kappa shape index (κ1) is 16.8. The fourth-order valence-corrected chi connectivity index (χ4v) is 1.48. The summed E-state index contributed by atoms with van der Waals surface area (Å²) >= 11 is 0. The van der Waals surface area contributed by atoms with E-state index < -0.39 is 11.7 Å². The van der Waals surface area contributed by atoms with Crippen molar-refractivity contribution in [1.29, 1.82) is 0 Å². The Morgan fingerprint density at radius 3 is 2.71 bits per heavy atom. The SMILES string of the molecule is COc1ccc(F)cc1C#CCCNC(=O)OC(C)(C)C. The van der Waals surface area contributed by atoms with E-state index >= 15 is 0 Å². The number of benzene rings is 1. The third kappa shape index (κ3) is 6.66. The number of halogens is 1. The molecule has 1 N–H and O–H groups in total. The van der Waals surface area contributed by atoms with Crippen molar-refractivity contribution < 1.29 is 18.7 Å². The second kappa shape index (κ2) is 7.53. The molecule has 0 aliphatic heterocycles. The van der Waals surface area contributed by atoms with E-state index in [0.717, 1.165) is 0 Å². The molecule has 0 spiro atoms. The van der Waals surface area contributed by atoms with E-state index in [1.807, 2.05) is 0 Å². The Bertz CT molecular complexity index is 553. The highest BCUT2D eigenvalue weighted by Gasteiger charge is 2.15. The zero-order valence-corrected chi connectivity index (χ0v) is 12.7. The largest absolute Gasteiger partial charge is 0.495 e. The Morgan fingerprint density at radius 2 is 2.10 bits per heavy atom. The number of amides is 1. The Labute approximate surface area is 124 Å². The normalized spacial score (nSPS) is 10.3. The fraction of sp³-hybridized carbons (Fsp3) is 0.438. The summed E-state index contributed by atoms with van der Waals surface area (Å²) in [5.41, 5.74) is -0.0419. The first-order valence-electron chi connectivity index (χ1n) is 6.61. The molecule has 0 radical (unpaired) electrons. The molecular formula is C16H20FNO3. The van der Waals surface area contributed by atoms with Crippen molar-refractivity contribution in [2.75, 3.05) is 13.7 Å². The lowest BCUT2D eigenvalue weighted by atomic mass is 10.2. The Kier molecular flexibility index (Phi) is 6.04. The van der Waals surface area contributed by atoms with Gasteiger partial charge in [-0.1, -0.05) is 11.8 Å². The summed E-state index contributed by atoms with van der Waals surface area (Å²) in [6.45, 7) is 5.74. The highest BCUT2D eigenvalue weighted by atomic mass is 19.1. The van der Waals surface area contributed by atoms with Crippen LogP contribution in [0.5, 0.6) is 5.75 Å². The third-order valence-corrected chi connectivity index (χ3v) is 2.30. The first-order chi connectivity index (χ1) is 9.81. The predicted molar refractivity (Wildman–Crippen MR) is 78.7 cm³/mol. The van der Waals surface area contributed by atoms with Gasteiger partial charge in [-0.2, -0.15) is 0 Å². The molecule has 5 heteroatoms. The van der Waals surface area contributed by atoms with Crippen LogP contribution in [-0.4, -0.2) is 25.3 Å². The van der Waals surface area contributed by atoms with Gasteiger partial charge in [0, 0.05) is 13.0 Å². The maximum atomic E-state index is 13.1. The minimum absolute atomic E-state index is 0.361. The number of rotatable bonds is 3. The lowest BCUT2D eigenvalue weighted by molar-refractivity contribution is 0.0529. The summed E-state index contributed by atoms with van der Waals surface area (Å²) in [5.74, 6) is 5.82. The smallest absolute Gasteiger partial charge is 0.407 e. The van der Waals surface area contributed by atoms with Crippen LogP contribution in [0, 0.1) is 17.7 Å². The zero-order chi connectivity index (χ0) is 15.9. The minimum atomic E-state index is -0.523. The molecule has 0 aliphatic rings. The molecule has 114 valence electrons. The van der Waals surface area contributed by atoms with Gasteiger partial charge in [-0.25, -0.2) is 9.18 Å². The summed E-state index contributed by atoms with van der Waals surface area (Å²) in [6.07, 6.45) is -0.0496. The van der Waals surface area contributed by atoms with E-state index in [-0.39, 0.29) is 5.82 Å². The Hall–Kier alpha value is -2.22. The Balaban J connectivity index is 2.47. The van der Waals surface area contributed by atoms with Crippen molar-refractivity contribution in [2.24, 2.45) is 0 Å². The van der Waals surface area contributed by atoms with Crippen LogP contribution in [0.2, 0.25) is 0 Å². The zero-order valence-electron chi connectivity index (χ0n) is 12.7. The molecule has 1 aromatic rings. The van der Waals surface area contributed by atoms with Crippen molar-refractivity contribution in [3.63, 3.8) is 0 Å². The average molecular weight is 293 g/mol. The van der Waals surface area contributed by atoms with Crippen molar-refractivity contribution in [2.45, 2.75) is 32.8 Å². The standard InChI is InChI=1S/C16H20FNO3/c1-16(2,3)21-15(19)18-10-6-5-7-12-11-13(17)8-9-14(12)20-4/h8-9,11H,6,10H2,1-4H3,(H,18,19). The maximum absolute atomic E-state index is 13.1. The highest BCUT2D eigenvalue weighted by molar-refractivity contribution is 5.67. The van der Waals surface area contributed by atoms with Gasteiger partial charge in [-0.05, 0) is 39.0 Å². The van der Waals surface area contributed by atoms with Crippen LogP contribution < -0.4 is 10.1 Å². The number of ether oxygens (including phenoxy) is 2. The summed E-state index contributed by atoms with van der Waals surface area (Å²) in [4.78, 5) is 11.4. The van der Waals surface area contributed by atoms with Crippen molar-refractivity contribution in [3.05, 3.63) is 29.6 Å². The number of hydrogen-bond acceptors (Lipinski definition) is 3. The Morgan fingerprint density at radius 1 is 1.38 bits per heavy atom. The first-order valence-corrected chi connectivity index (χ1v) is 6.61. The number of carbonyl (C=O) groups excluding carboxylic acids is 1. The summed E-state index contributed by atoms with van der Waals surface area (Å²) in [6, 6.07) is 4.15. The van der Waals surface area contributed by atoms with Crippen LogP contribution in [0.1, 0.15) is 32.8 Å². The highest BCUT2D eigenvalue weighted by Crippen LogP contribution is 2.17. The molecule has 1 rings (SSSR count). The van der Waals surface area contributed by atoms with Crippen LogP contribution in [0.4, 0.5) is 9.18 Å². The molecule has 0 saturated carbocycles. The van der Waals surface area contributed by atoms with Crippen molar-refractivity contribution in [1.82, 2.24) is 5.32 Å². The lowest BCUT2D eigenvalue weighted by Crippen LogP contribution is -2.32. The van der Waals surface area contributed by atoms with Gasteiger partial charge in [0.15, 0.2) is 0 Å². The van der Waals surface area contributed by atoms with Crippen LogP contribution >= 0.6 is 0 Å². The monoisotopic (exact) mass is 293 g/mol. The van der Waals surface area contributed by atoms with Gasteiger partial charge in [0.05, 0.1) is 12.7 Å². The molecule has 0 atom stereocenters. The molecule has 0 unspecified atom stereocenters. The van der Waals surface area contributed by atoms with Gasteiger partial charge in [0.25, 0.3) is 0 Å². The molecule has 0 fully saturated rings. The molecule has 0 saturated heterocycles. The second-order valence-electron chi connectivity index (χ2n) is 5.33. The number of alkyl carbamates (subject to hydrolysis) is 1. The van der Waals surface area contributed by atoms with E-state index in [2.05, 4.69) is 17.2 Å². The molecule has 1 aromatic carbocycles. The quantitative estimate of drug-likeness (QED) is 0.688. The van der Waals surface area contributed by atoms with Crippen molar-refractivity contribution >= 4 is 6.09 Å². The third-order valence-electron chi connectivity index (χ3n) is 2.30. The van der Waals surface area contributed by atoms with Crippen LogP contribution in [-0.2, 0) is 4.74 Å². The molecule has 0 aromatic heterocycles. The lowest BCUT2D eigenvalue weighted by Gasteiger charge is -2.19.